The zero-order valence-corrected chi connectivity index (χ0v) is 20.9. The Labute approximate surface area is 208 Å². The molecule has 33 heavy (non-hydrogen) atoms. The maximum Gasteiger partial charge on any atom is 0.262 e. The normalized spacial score (nSPS) is 10.6. The molecule has 0 atom stereocenters. The molecule has 3 aromatic carbocycles. The summed E-state index contributed by atoms with van der Waals surface area (Å²) in [5.74, 6) is 0.447. The molecule has 174 valence electrons. The molecule has 0 saturated heterocycles. The smallest absolute Gasteiger partial charge is 0.262 e. The molecule has 0 spiro atoms. The molecule has 0 saturated carbocycles. The second-order valence-corrected chi connectivity index (χ2v) is 8.68. The van der Waals surface area contributed by atoms with Crippen LogP contribution < -0.4 is 20.1 Å². The zero-order chi connectivity index (χ0) is 24.0. The van der Waals surface area contributed by atoms with Crippen LogP contribution in [0.15, 0.2) is 48.5 Å². The number of benzene rings is 3. The van der Waals surface area contributed by atoms with E-state index in [2.05, 4.69) is 10.6 Å². The molecule has 0 aliphatic rings. The van der Waals surface area contributed by atoms with Crippen LogP contribution in [0.3, 0.4) is 0 Å². The van der Waals surface area contributed by atoms with Gasteiger partial charge in [0.05, 0.1) is 11.6 Å². The summed E-state index contributed by atoms with van der Waals surface area (Å²) >= 11 is 18.8. The summed E-state index contributed by atoms with van der Waals surface area (Å²) in [7, 11) is 0. The van der Waals surface area contributed by atoms with Crippen LogP contribution in [0.1, 0.15) is 23.6 Å². The molecule has 0 aliphatic heterocycles. The lowest BCUT2D eigenvalue weighted by Crippen LogP contribution is -2.20. The van der Waals surface area contributed by atoms with E-state index in [0.29, 0.717) is 45.4 Å². The number of anilines is 2. The van der Waals surface area contributed by atoms with E-state index < -0.39 is 0 Å². The fourth-order valence-corrected chi connectivity index (χ4v) is 3.69. The molecule has 0 aliphatic carbocycles. The minimum Gasteiger partial charge on any atom is -0.490 e. The fourth-order valence-electron chi connectivity index (χ4n) is 3.04. The molecule has 0 unspecified atom stereocenters. The highest BCUT2D eigenvalue weighted by Crippen LogP contribution is 2.37. The van der Waals surface area contributed by atoms with Crippen LogP contribution in [0.2, 0.25) is 15.1 Å². The van der Waals surface area contributed by atoms with Crippen molar-refractivity contribution in [1.29, 1.82) is 0 Å². The number of ether oxygens (including phenoxy) is 2. The van der Waals surface area contributed by atoms with Gasteiger partial charge in [0.1, 0.15) is 0 Å². The molecule has 0 fully saturated rings. The van der Waals surface area contributed by atoms with Crippen molar-refractivity contribution in [2.45, 2.75) is 27.3 Å². The number of hydrogen-bond donors (Lipinski definition) is 2. The minimum absolute atomic E-state index is 0.231. The molecule has 8 heteroatoms. The van der Waals surface area contributed by atoms with E-state index >= 15 is 0 Å². The van der Waals surface area contributed by atoms with E-state index in [1.54, 1.807) is 18.2 Å². The van der Waals surface area contributed by atoms with Gasteiger partial charge in [-0.05, 0) is 73.9 Å². The summed E-state index contributed by atoms with van der Waals surface area (Å²) in [5.41, 5.74) is 4.33. The fraction of sp³-hybridized carbons (Fsp3) is 0.240. The average Bonchev–Trinajstić information content (AvgIpc) is 2.77. The summed E-state index contributed by atoms with van der Waals surface area (Å²) in [6, 6.07) is 14.7. The van der Waals surface area contributed by atoms with Crippen LogP contribution in [0, 0.1) is 13.8 Å². The van der Waals surface area contributed by atoms with Gasteiger partial charge in [0.2, 0.25) is 0 Å². The number of rotatable bonds is 9. The lowest BCUT2D eigenvalue weighted by atomic mass is 10.1. The number of carbonyl (C=O) groups is 1. The number of hydrogen-bond acceptors (Lipinski definition) is 4. The average molecular weight is 508 g/mol. The predicted octanol–water partition coefficient (Wildman–Crippen LogP) is 7.29. The van der Waals surface area contributed by atoms with E-state index in [1.165, 1.54) is 0 Å². The first-order valence-electron chi connectivity index (χ1n) is 10.4. The molecular formula is C25H25Cl3N2O3. The quantitative estimate of drug-likeness (QED) is 0.319. The third kappa shape index (κ3) is 6.94. The van der Waals surface area contributed by atoms with Crippen LogP contribution >= 0.6 is 34.8 Å². The van der Waals surface area contributed by atoms with Gasteiger partial charge in [-0.1, -0.05) is 46.9 Å². The highest BCUT2D eigenvalue weighted by Gasteiger charge is 2.15. The largest absolute Gasteiger partial charge is 0.490 e. The molecule has 1 amide bonds. The second kappa shape index (κ2) is 11.5. The lowest BCUT2D eigenvalue weighted by Gasteiger charge is -2.16. The Hall–Kier alpha value is -2.60. The second-order valence-electron chi connectivity index (χ2n) is 7.46. The van der Waals surface area contributed by atoms with Crippen molar-refractivity contribution in [3.05, 3.63) is 80.3 Å². The monoisotopic (exact) mass is 506 g/mol. The molecule has 0 bridgehead atoms. The first kappa shape index (κ1) is 25.0. The van der Waals surface area contributed by atoms with Crippen molar-refractivity contribution in [1.82, 2.24) is 0 Å². The Morgan fingerprint density at radius 3 is 2.12 bits per heavy atom. The van der Waals surface area contributed by atoms with Crippen LogP contribution in [0.4, 0.5) is 11.4 Å². The van der Waals surface area contributed by atoms with Gasteiger partial charge in [-0.3, -0.25) is 4.79 Å². The lowest BCUT2D eigenvalue weighted by molar-refractivity contribution is -0.118. The van der Waals surface area contributed by atoms with Crippen molar-refractivity contribution in [3.8, 4) is 11.5 Å². The van der Waals surface area contributed by atoms with E-state index in [0.717, 1.165) is 22.4 Å². The first-order chi connectivity index (χ1) is 15.8. The zero-order valence-electron chi connectivity index (χ0n) is 18.6. The Balaban J connectivity index is 1.67. The van der Waals surface area contributed by atoms with Gasteiger partial charge in [0, 0.05) is 28.0 Å². The molecule has 2 N–H and O–H groups in total. The van der Waals surface area contributed by atoms with Crippen LogP contribution in [0.25, 0.3) is 0 Å². The molecule has 3 rings (SSSR count). The summed E-state index contributed by atoms with van der Waals surface area (Å²) in [6.07, 6.45) is 0. The Kier molecular flexibility index (Phi) is 8.73. The third-order valence-electron chi connectivity index (χ3n) is 4.84. The van der Waals surface area contributed by atoms with Crippen molar-refractivity contribution in [2.24, 2.45) is 0 Å². The van der Waals surface area contributed by atoms with Crippen LogP contribution in [-0.2, 0) is 11.3 Å². The van der Waals surface area contributed by atoms with Gasteiger partial charge < -0.3 is 20.1 Å². The standard InChI is InChI=1S/C25H25Cl3N2O3/c1-4-32-23-10-17(13-29-18-7-5-15(2)20(26)11-18)9-22(28)25(23)33-14-24(31)30-19-8-6-16(3)21(27)12-19/h5-12,29H,4,13-14H2,1-3H3,(H,30,31). The van der Waals surface area contributed by atoms with E-state index in [4.69, 9.17) is 44.3 Å². The Morgan fingerprint density at radius 2 is 1.48 bits per heavy atom. The highest BCUT2D eigenvalue weighted by atomic mass is 35.5. The van der Waals surface area contributed by atoms with E-state index in [-0.39, 0.29) is 12.5 Å². The third-order valence-corrected chi connectivity index (χ3v) is 5.94. The summed E-state index contributed by atoms with van der Waals surface area (Å²) in [4.78, 5) is 12.4. The number of aryl methyl sites for hydroxylation is 2. The van der Waals surface area contributed by atoms with Crippen molar-refractivity contribution < 1.29 is 14.3 Å². The van der Waals surface area contributed by atoms with Crippen molar-refractivity contribution in [3.63, 3.8) is 0 Å². The number of halogens is 3. The van der Waals surface area contributed by atoms with Gasteiger partial charge in [0.25, 0.3) is 5.91 Å². The highest BCUT2D eigenvalue weighted by molar-refractivity contribution is 6.32. The van der Waals surface area contributed by atoms with Crippen LogP contribution in [-0.4, -0.2) is 19.1 Å². The topological polar surface area (TPSA) is 59.6 Å². The first-order valence-corrected chi connectivity index (χ1v) is 11.5. The summed E-state index contributed by atoms with van der Waals surface area (Å²) in [5, 5.41) is 7.70. The maximum absolute atomic E-state index is 12.4. The van der Waals surface area contributed by atoms with Gasteiger partial charge in [-0.15, -0.1) is 0 Å². The summed E-state index contributed by atoms with van der Waals surface area (Å²) < 4.78 is 11.4. The minimum atomic E-state index is -0.338. The predicted molar refractivity (Wildman–Crippen MR) is 136 cm³/mol. The molecule has 0 radical (unpaired) electrons. The molecular weight excluding hydrogens is 483 g/mol. The SMILES string of the molecule is CCOc1cc(CNc2ccc(C)c(Cl)c2)cc(Cl)c1OCC(=O)Nc1ccc(C)c(Cl)c1. The summed E-state index contributed by atoms with van der Waals surface area (Å²) in [6.45, 7) is 6.41. The van der Waals surface area contributed by atoms with E-state index in [9.17, 15) is 4.79 Å². The van der Waals surface area contributed by atoms with Crippen LogP contribution in [0.5, 0.6) is 11.5 Å². The van der Waals surface area contributed by atoms with Gasteiger partial charge in [-0.25, -0.2) is 0 Å². The number of amides is 1. The molecule has 3 aromatic rings. The molecule has 5 nitrogen and oxygen atoms in total. The van der Waals surface area contributed by atoms with E-state index in [1.807, 2.05) is 51.1 Å². The number of carbonyl (C=O) groups excluding carboxylic acids is 1. The Morgan fingerprint density at radius 1 is 0.848 bits per heavy atom. The van der Waals surface area contributed by atoms with Gasteiger partial charge in [0.15, 0.2) is 18.1 Å². The molecule has 0 heterocycles. The Bertz CT molecular complexity index is 1150. The van der Waals surface area contributed by atoms with Crippen molar-refractivity contribution in [2.75, 3.05) is 23.8 Å². The maximum atomic E-state index is 12.4. The van der Waals surface area contributed by atoms with Gasteiger partial charge in [-0.2, -0.15) is 0 Å². The van der Waals surface area contributed by atoms with Crippen molar-refractivity contribution >= 4 is 52.1 Å². The number of nitrogens with one attached hydrogen (secondary N) is 2. The molecule has 0 aromatic heterocycles. The van der Waals surface area contributed by atoms with Gasteiger partial charge >= 0.3 is 0 Å².